The normalized spacial score (nSPS) is 17.6. The van der Waals surface area contributed by atoms with Gasteiger partial charge < -0.3 is 10.4 Å². The van der Waals surface area contributed by atoms with Crippen LogP contribution in [0.2, 0.25) is 0 Å². The van der Waals surface area contributed by atoms with E-state index in [0.717, 1.165) is 11.3 Å². The lowest BCUT2D eigenvalue weighted by atomic mass is 9.86. The Hall–Kier alpha value is -2.28. The monoisotopic (exact) mass is 389 g/mol. The molecular weight excluding hydrogens is 374 g/mol. The van der Waals surface area contributed by atoms with E-state index in [0.29, 0.717) is 29.3 Å². The maximum atomic E-state index is 12.6. The Balaban J connectivity index is 1.76. The van der Waals surface area contributed by atoms with Gasteiger partial charge in [-0.05, 0) is 36.5 Å². The molecule has 0 saturated heterocycles. The number of carboxylic acid groups (broad SMARTS) is 1. The number of aromatic nitrogens is 2. The Morgan fingerprint density at radius 1 is 1.33 bits per heavy atom. The van der Waals surface area contributed by atoms with Crippen LogP contribution in [0.25, 0.3) is 0 Å². The molecule has 7 heteroatoms. The topological polar surface area (TPSA) is 92.2 Å². The molecule has 3 rings (SSSR count). The summed E-state index contributed by atoms with van der Waals surface area (Å²) in [5.74, 6) is -1.62. The van der Waals surface area contributed by atoms with E-state index in [1.165, 1.54) is 6.33 Å². The molecule has 0 saturated carbocycles. The fourth-order valence-corrected chi connectivity index (χ4v) is 3.44. The van der Waals surface area contributed by atoms with E-state index in [2.05, 4.69) is 31.2 Å². The number of halogens is 1. The zero-order valence-corrected chi connectivity index (χ0v) is 14.4. The lowest BCUT2D eigenvalue weighted by Crippen LogP contribution is -2.39. The number of aliphatic carboxylic acids is 1. The van der Waals surface area contributed by atoms with E-state index in [-0.39, 0.29) is 11.8 Å². The molecule has 6 nitrogen and oxygen atoms in total. The van der Waals surface area contributed by atoms with Crippen molar-refractivity contribution in [1.29, 1.82) is 0 Å². The van der Waals surface area contributed by atoms with Crippen molar-refractivity contribution in [1.82, 2.24) is 15.3 Å². The van der Waals surface area contributed by atoms with Crippen LogP contribution in [0.15, 0.2) is 41.3 Å². The highest BCUT2D eigenvalue weighted by molar-refractivity contribution is 9.10. The van der Waals surface area contributed by atoms with Crippen LogP contribution in [0.3, 0.4) is 0 Å². The molecule has 1 aromatic heterocycles. The largest absolute Gasteiger partial charge is 0.479 e. The summed E-state index contributed by atoms with van der Waals surface area (Å²) in [6.07, 6.45) is 5.11. The van der Waals surface area contributed by atoms with Crippen LogP contribution in [0, 0.1) is 5.92 Å². The second-order valence-electron chi connectivity index (χ2n) is 5.74. The fraction of sp³-hybridized carbons (Fsp3) is 0.294. The van der Waals surface area contributed by atoms with E-state index in [1.807, 2.05) is 0 Å². The van der Waals surface area contributed by atoms with E-state index < -0.39 is 12.0 Å². The Morgan fingerprint density at radius 3 is 2.88 bits per heavy atom. The van der Waals surface area contributed by atoms with Crippen LogP contribution in [-0.2, 0) is 22.4 Å². The number of benzene rings is 1. The molecule has 24 heavy (non-hydrogen) atoms. The third-order valence-corrected chi connectivity index (χ3v) is 4.92. The van der Waals surface area contributed by atoms with Gasteiger partial charge >= 0.3 is 5.97 Å². The minimum Gasteiger partial charge on any atom is -0.479 e. The number of aryl methyl sites for hydroxylation is 1. The maximum absolute atomic E-state index is 12.6. The molecule has 1 heterocycles. The average molecular weight is 390 g/mol. The van der Waals surface area contributed by atoms with Crippen molar-refractivity contribution in [3.05, 3.63) is 58.1 Å². The molecule has 1 aromatic carbocycles. The highest BCUT2D eigenvalue weighted by Crippen LogP contribution is 2.27. The first-order chi connectivity index (χ1) is 11.6. The summed E-state index contributed by atoms with van der Waals surface area (Å²) in [6.45, 7) is 0. The second kappa shape index (κ2) is 7.09. The summed E-state index contributed by atoms with van der Waals surface area (Å²) in [7, 11) is 0. The van der Waals surface area contributed by atoms with Gasteiger partial charge in [0, 0.05) is 22.3 Å². The summed E-state index contributed by atoms with van der Waals surface area (Å²) in [4.78, 5) is 32.4. The first-order valence-corrected chi connectivity index (χ1v) is 8.41. The molecule has 1 amide bonds. The van der Waals surface area contributed by atoms with Gasteiger partial charge in [0.1, 0.15) is 6.33 Å². The molecule has 1 aliphatic rings. The maximum Gasteiger partial charge on any atom is 0.330 e. The van der Waals surface area contributed by atoms with Gasteiger partial charge in [-0.15, -0.1) is 0 Å². The van der Waals surface area contributed by atoms with Crippen LogP contribution >= 0.6 is 15.9 Å². The van der Waals surface area contributed by atoms with Crippen LogP contribution in [0.4, 0.5) is 0 Å². The molecule has 0 bridgehead atoms. The molecule has 0 radical (unpaired) electrons. The summed E-state index contributed by atoms with van der Waals surface area (Å²) < 4.78 is 0.653. The predicted octanol–water partition coefficient (Wildman–Crippen LogP) is 2.29. The molecule has 2 aromatic rings. The SMILES string of the molecule is O=C(NC(C(=O)O)c1ccccc1Br)C1CCc2ncncc2C1. The number of carboxylic acids is 1. The second-order valence-corrected chi connectivity index (χ2v) is 6.59. The van der Waals surface area contributed by atoms with E-state index >= 15 is 0 Å². The molecule has 2 N–H and O–H groups in total. The van der Waals surface area contributed by atoms with Crippen LogP contribution < -0.4 is 5.32 Å². The number of rotatable bonds is 4. The van der Waals surface area contributed by atoms with Crippen molar-refractivity contribution < 1.29 is 14.7 Å². The quantitative estimate of drug-likeness (QED) is 0.836. The van der Waals surface area contributed by atoms with Crippen molar-refractivity contribution >= 4 is 27.8 Å². The number of hydrogen-bond donors (Lipinski definition) is 2. The molecule has 0 aliphatic heterocycles. The number of nitrogens with zero attached hydrogens (tertiary/aromatic N) is 2. The van der Waals surface area contributed by atoms with Gasteiger partial charge in [-0.1, -0.05) is 34.1 Å². The summed E-state index contributed by atoms with van der Waals surface area (Å²) in [5.41, 5.74) is 2.45. The standard InChI is InChI=1S/C17H16BrN3O3/c18-13-4-2-1-3-12(13)15(17(23)24)21-16(22)10-5-6-14-11(7-10)8-19-9-20-14/h1-4,8-10,15H,5-7H2,(H,21,22)(H,23,24). The van der Waals surface area contributed by atoms with Crippen molar-refractivity contribution in [2.24, 2.45) is 5.92 Å². The van der Waals surface area contributed by atoms with Gasteiger partial charge in [0.15, 0.2) is 6.04 Å². The highest BCUT2D eigenvalue weighted by atomic mass is 79.9. The summed E-state index contributed by atoms with van der Waals surface area (Å²) in [5, 5.41) is 12.2. The van der Waals surface area contributed by atoms with Crippen LogP contribution in [0.1, 0.15) is 29.3 Å². The van der Waals surface area contributed by atoms with Gasteiger partial charge in [-0.25, -0.2) is 14.8 Å². The zero-order chi connectivity index (χ0) is 17.1. The summed E-state index contributed by atoms with van der Waals surface area (Å²) in [6, 6.07) is 5.91. The van der Waals surface area contributed by atoms with Crippen molar-refractivity contribution in [2.45, 2.75) is 25.3 Å². The van der Waals surface area contributed by atoms with E-state index in [4.69, 9.17) is 0 Å². The number of carbonyl (C=O) groups excluding carboxylic acids is 1. The Labute approximate surface area is 147 Å². The van der Waals surface area contributed by atoms with Crippen molar-refractivity contribution in [3.8, 4) is 0 Å². The molecule has 2 unspecified atom stereocenters. The van der Waals surface area contributed by atoms with Crippen molar-refractivity contribution in [3.63, 3.8) is 0 Å². The average Bonchev–Trinajstić information content (AvgIpc) is 2.59. The molecule has 1 aliphatic carbocycles. The number of hydrogen-bond acceptors (Lipinski definition) is 4. The number of amides is 1. The minimum atomic E-state index is -1.09. The molecule has 0 fully saturated rings. The lowest BCUT2D eigenvalue weighted by molar-refractivity contribution is -0.142. The molecule has 0 spiro atoms. The Kier molecular flexibility index (Phi) is 4.89. The fourth-order valence-electron chi connectivity index (χ4n) is 2.92. The first-order valence-electron chi connectivity index (χ1n) is 7.61. The zero-order valence-electron chi connectivity index (χ0n) is 12.8. The smallest absolute Gasteiger partial charge is 0.330 e. The van der Waals surface area contributed by atoms with Crippen molar-refractivity contribution in [2.75, 3.05) is 0 Å². The van der Waals surface area contributed by atoms with Gasteiger partial charge in [0.2, 0.25) is 5.91 Å². The molecule has 124 valence electrons. The van der Waals surface area contributed by atoms with Gasteiger partial charge in [-0.2, -0.15) is 0 Å². The Morgan fingerprint density at radius 2 is 2.12 bits per heavy atom. The number of carbonyl (C=O) groups is 2. The van der Waals surface area contributed by atoms with Crippen LogP contribution in [-0.4, -0.2) is 27.0 Å². The van der Waals surface area contributed by atoms with Gasteiger partial charge in [0.25, 0.3) is 0 Å². The number of fused-ring (bicyclic) bond motifs is 1. The highest BCUT2D eigenvalue weighted by Gasteiger charge is 2.30. The minimum absolute atomic E-state index is 0.257. The third kappa shape index (κ3) is 3.46. The first kappa shape index (κ1) is 16.6. The van der Waals surface area contributed by atoms with E-state index in [1.54, 1.807) is 30.5 Å². The third-order valence-electron chi connectivity index (χ3n) is 4.20. The van der Waals surface area contributed by atoms with Crippen LogP contribution in [0.5, 0.6) is 0 Å². The van der Waals surface area contributed by atoms with Gasteiger partial charge in [0.05, 0.1) is 0 Å². The number of nitrogens with one attached hydrogen (secondary N) is 1. The van der Waals surface area contributed by atoms with E-state index in [9.17, 15) is 14.7 Å². The Bertz CT molecular complexity index is 781. The predicted molar refractivity (Wildman–Crippen MR) is 90.2 cm³/mol. The molecule has 2 atom stereocenters. The lowest BCUT2D eigenvalue weighted by Gasteiger charge is -2.25. The molecular formula is C17H16BrN3O3. The van der Waals surface area contributed by atoms with Gasteiger partial charge in [-0.3, -0.25) is 4.79 Å². The summed E-state index contributed by atoms with van der Waals surface area (Å²) >= 11 is 3.34.